The quantitative estimate of drug-likeness (QED) is 0.719. The molecule has 0 bridgehead atoms. The molecule has 5 heteroatoms. The molecule has 3 rings (SSSR count). The molecule has 1 aromatic heterocycles. The highest BCUT2D eigenvalue weighted by molar-refractivity contribution is 6.32. The summed E-state index contributed by atoms with van der Waals surface area (Å²) in [6.07, 6.45) is 3.44. The second kappa shape index (κ2) is 5.89. The van der Waals surface area contributed by atoms with Crippen LogP contribution in [0.15, 0.2) is 60.9 Å². The Morgan fingerprint density at radius 3 is 2.48 bits per heavy atom. The van der Waals surface area contributed by atoms with E-state index in [1.165, 1.54) is 0 Å². The summed E-state index contributed by atoms with van der Waals surface area (Å²) in [6.45, 7) is 0. The molecule has 0 unspecified atom stereocenters. The molecule has 0 amide bonds. The standard InChI is InChI=1S/C16H13ClN2O2/c1-20-13-8-6-12(7-9-13)19-11-14(10-18-19)21-16-5-3-2-4-15(16)17/h2-11H,1H3. The van der Waals surface area contributed by atoms with Gasteiger partial charge in [0.2, 0.25) is 0 Å². The first kappa shape index (κ1) is 13.5. The Labute approximate surface area is 127 Å². The number of rotatable bonds is 4. The number of hydrogen-bond donors (Lipinski definition) is 0. The molecule has 0 saturated heterocycles. The summed E-state index contributed by atoms with van der Waals surface area (Å²) in [5.41, 5.74) is 0.921. The summed E-state index contributed by atoms with van der Waals surface area (Å²) in [4.78, 5) is 0. The van der Waals surface area contributed by atoms with Gasteiger partial charge >= 0.3 is 0 Å². The first-order valence-electron chi connectivity index (χ1n) is 6.38. The zero-order valence-electron chi connectivity index (χ0n) is 11.4. The smallest absolute Gasteiger partial charge is 0.165 e. The summed E-state index contributed by atoms with van der Waals surface area (Å²) in [6, 6.07) is 14.9. The summed E-state index contributed by atoms with van der Waals surface area (Å²) >= 11 is 6.07. The van der Waals surface area contributed by atoms with E-state index in [9.17, 15) is 0 Å². The fourth-order valence-electron chi connectivity index (χ4n) is 1.89. The van der Waals surface area contributed by atoms with E-state index in [1.807, 2.05) is 42.5 Å². The summed E-state index contributed by atoms with van der Waals surface area (Å²) < 4.78 is 12.6. The van der Waals surface area contributed by atoms with Crippen molar-refractivity contribution >= 4 is 11.6 Å². The van der Waals surface area contributed by atoms with Gasteiger partial charge in [0.15, 0.2) is 5.75 Å². The molecule has 0 saturated carbocycles. The van der Waals surface area contributed by atoms with Crippen molar-refractivity contribution in [3.63, 3.8) is 0 Å². The molecule has 3 aromatic rings. The molecule has 0 aliphatic carbocycles. The first-order chi connectivity index (χ1) is 10.3. The largest absolute Gasteiger partial charge is 0.497 e. The molecule has 0 radical (unpaired) electrons. The topological polar surface area (TPSA) is 36.3 Å². The van der Waals surface area contributed by atoms with Crippen molar-refractivity contribution in [3.05, 3.63) is 65.9 Å². The minimum atomic E-state index is 0.565. The molecule has 0 fully saturated rings. The molecule has 0 spiro atoms. The Morgan fingerprint density at radius 2 is 1.76 bits per heavy atom. The van der Waals surface area contributed by atoms with Crippen molar-refractivity contribution in [2.24, 2.45) is 0 Å². The number of methoxy groups -OCH3 is 1. The van der Waals surface area contributed by atoms with Crippen molar-refractivity contribution in [3.8, 4) is 22.9 Å². The highest BCUT2D eigenvalue weighted by Gasteiger charge is 2.06. The van der Waals surface area contributed by atoms with Gasteiger partial charge in [-0.2, -0.15) is 5.10 Å². The average Bonchev–Trinajstić information content (AvgIpc) is 2.98. The molecule has 106 valence electrons. The van der Waals surface area contributed by atoms with Gasteiger partial charge in [-0.3, -0.25) is 0 Å². The van der Waals surface area contributed by atoms with Crippen LogP contribution in [0, 0.1) is 0 Å². The van der Waals surface area contributed by atoms with E-state index in [1.54, 1.807) is 30.3 Å². The van der Waals surface area contributed by atoms with Gasteiger partial charge in [0.05, 0.1) is 30.2 Å². The van der Waals surface area contributed by atoms with E-state index >= 15 is 0 Å². The second-order valence-electron chi connectivity index (χ2n) is 4.35. The molecule has 0 N–H and O–H groups in total. The average molecular weight is 301 g/mol. The van der Waals surface area contributed by atoms with Crippen LogP contribution in [0.25, 0.3) is 5.69 Å². The van der Waals surface area contributed by atoms with Crippen LogP contribution < -0.4 is 9.47 Å². The number of aromatic nitrogens is 2. The predicted molar refractivity (Wildman–Crippen MR) is 81.6 cm³/mol. The lowest BCUT2D eigenvalue weighted by Gasteiger charge is -2.04. The third-order valence-electron chi connectivity index (χ3n) is 2.96. The number of para-hydroxylation sites is 1. The van der Waals surface area contributed by atoms with Crippen LogP contribution in [0.4, 0.5) is 0 Å². The second-order valence-corrected chi connectivity index (χ2v) is 4.76. The Morgan fingerprint density at radius 1 is 1.00 bits per heavy atom. The Balaban J connectivity index is 1.81. The Kier molecular flexibility index (Phi) is 3.79. The van der Waals surface area contributed by atoms with Crippen molar-refractivity contribution in [2.75, 3.05) is 7.11 Å². The lowest BCUT2D eigenvalue weighted by molar-refractivity contribution is 0.414. The summed E-state index contributed by atoms with van der Waals surface area (Å²) in [5, 5.41) is 4.84. The third-order valence-corrected chi connectivity index (χ3v) is 3.27. The monoisotopic (exact) mass is 300 g/mol. The van der Waals surface area contributed by atoms with Crippen LogP contribution in [0.3, 0.4) is 0 Å². The van der Waals surface area contributed by atoms with Crippen LogP contribution in [0.2, 0.25) is 5.02 Å². The summed E-state index contributed by atoms with van der Waals surface area (Å²) in [7, 11) is 1.64. The van der Waals surface area contributed by atoms with Crippen LogP contribution in [0.1, 0.15) is 0 Å². The van der Waals surface area contributed by atoms with Gasteiger partial charge in [-0.1, -0.05) is 23.7 Å². The minimum absolute atomic E-state index is 0.565. The lowest BCUT2D eigenvalue weighted by atomic mass is 10.3. The molecular weight excluding hydrogens is 288 g/mol. The van der Waals surface area contributed by atoms with Crippen LogP contribution in [-0.4, -0.2) is 16.9 Å². The van der Waals surface area contributed by atoms with E-state index in [4.69, 9.17) is 21.1 Å². The zero-order chi connectivity index (χ0) is 14.7. The van der Waals surface area contributed by atoms with Crippen molar-refractivity contribution in [1.29, 1.82) is 0 Å². The number of nitrogens with zero attached hydrogens (tertiary/aromatic N) is 2. The molecule has 0 atom stereocenters. The number of ether oxygens (including phenoxy) is 2. The molecule has 0 aliphatic rings. The van der Waals surface area contributed by atoms with Crippen molar-refractivity contribution < 1.29 is 9.47 Å². The minimum Gasteiger partial charge on any atom is -0.497 e. The Hall–Kier alpha value is -2.46. The number of benzene rings is 2. The van der Waals surface area contributed by atoms with Crippen molar-refractivity contribution in [2.45, 2.75) is 0 Å². The first-order valence-corrected chi connectivity index (χ1v) is 6.75. The fourth-order valence-corrected chi connectivity index (χ4v) is 2.06. The zero-order valence-corrected chi connectivity index (χ0v) is 12.1. The van der Waals surface area contributed by atoms with Crippen molar-refractivity contribution in [1.82, 2.24) is 9.78 Å². The highest BCUT2D eigenvalue weighted by Crippen LogP contribution is 2.28. The van der Waals surface area contributed by atoms with E-state index < -0.39 is 0 Å². The van der Waals surface area contributed by atoms with E-state index in [0.717, 1.165) is 11.4 Å². The highest BCUT2D eigenvalue weighted by atomic mass is 35.5. The van der Waals surface area contributed by atoms with E-state index in [0.29, 0.717) is 16.5 Å². The normalized spacial score (nSPS) is 10.4. The van der Waals surface area contributed by atoms with Crippen LogP contribution >= 0.6 is 11.6 Å². The molecule has 4 nitrogen and oxygen atoms in total. The van der Waals surface area contributed by atoms with Gasteiger partial charge in [0.25, 0.3) is 0 Å². The van der Waals surface area contributed by atoms with Gasteiger partial charge < -0.3 is 9.47 Å². The number of hydrogen-bond acceptors (Lipinski definition) is 3. The Bertz CT molecular complexity index is 738. The summed E-state index contributed by atoms with van der Waals surface area (Å²) in [5.74, 6) is 2.03. The van der Waals surface area contributed by atoms with Gasteiger partial charge in [0, 0.05) is 0 Å². The van der Waals surface area contributed by atoms with Gasteiger partial charge in [0.1, 0.15) is 11.5 Å². The SMILES string of the molecule is COc1ccc(-n2cc(Oc3ccccc3Cl)cn2)cc1. The number of halogens is 1. The maximum atomic E-state index is 6.07. The molecule has 21 heavy (non-hydrogen) atoms. The maximum Gasteiger partial charge on any atom is 0.165 e. The van der Waals surface area contributed by atoms with Crippen LogP contribution in [0.5, 0.6) is 17.2 Å². The molecular formula is C16H13ClN2O2. The maximum absolute atomic E-state index is 6.07. The fraction of sp³-hybridized carbons (Fsp3) is 0.0625. The van der Waals surface area contributed by atoms with E-state index in [2.05, 4.69) is 5.10 Å². The molecule has 2 aromatic carbocycles. The predicted octanol–water partition coefficient (Wildman–Crippen LogP) is 4.33. The van der Waals surface area contributed by atoms with Gasteiger partial charge in [-0.05, 0) is 36.4 Å². The van der Waals surface area contributed by atoms with Gasteiger partial charge in [-0.25, -0.2) is 4.68 Å². The molecule has 0 aliphatic heterocycles. The lowest BCUT2D eigenvalue weighted by Crippen LogP contribution is -1.93. The molecule has 1 heterocycles. The third kappa shape index (κ3) is 3.01. The van der Waals surface area contributed by atoms with Gasteiger partial charge in [-0.15, -0.1) is 0 Å². The van der Waals surface area contributed by atoms with Crippen LogP contribution in [-0.2, 0) is 0 Å². The van der Waals surface area contributed by atoms with E-state index in [-0.39, 0.29) is 0 Å².